The molecule has 12 fully saturated rings. The molecule has 12 aliphatic rings. The van der Waals surface area contributed by atoms with Crippen LogP contribution in [0.5, 0.6) is 0 Å². The van der Waals surface area contributed by atoms with Crippen LogP contribution in [0.4, 0.5) is 0 Å². The third kappa shape index (κ3) is 0.501. The molecule has 0 amide bonds. The van der Waals surface area contributed by atoms with Crippen molar-refractivity contribution in [2.75, 3.05) is 0 Å². The molecule has 6 atom stereocenters. The molecule has 5 unspecified atom stereocenters. The Bertz CT molecular complexity index is 1410. The zero-order valence-electron chi connectivity index (χ0n) is 23.7. The van der Waals surface area contributed by atoms with E-state index in [9.17, 15) is 0 Å². The standard InChI is InChI=1S/C27H47P2.C5H5.Fe/c1-21(29(26(2,3)4)27(5,6)7)24-19-14-20-25(24)28(22-15-10-8-11-16-22)23-17-12-9-13-18-23;1-2-4-5-3-1;/h14,19-23H,8-13,15-18H2,1-7H3;1-5H;. The summed E-state index contributed by atoms with van der Waals surface area (Å²) in [4.78, 5) is 12.0. The number of fused-ring (bicyclic) bond motifs is 10. The first-order valence-electron chi connectivity index (χ1n) is 16.1. The molecule has 198 valence electrons. The SMILES string of the molecule is CC(P(C(C)(C)C)C(C)(C)C)[C@]12[CH]3[CH]4[CH]5[C]1(P(C1CCCCC1)C1CCCCC1)[Fe]45321678[CH]2[CH]1[CH]6[CH]7[CH]28. The molecule has 12 rings (SSSR count). The molecule has 35 heavy (non-hydrogen) atoms. The Balaban J connectivity index is 1.13. The molecule has 1 spiro atoms. The van der Waals surface area contributed by atoms with Gasteiger partial charge < -0.3 is 0 Å². The summed E-state index contributed by atoms with van der Waals surface area (Å²) in [5.74, 6) is 0. The number of hydrogen-bond acceptors (Lipinski definition) is 0. The van der Waals surface area contributed by atoms with Gasteiger partial charge in [0.05, 0.1) is 0 Å². The molecule has 0 nitrogen and oxygen atoms in total. The molecule has 0 aromatic rings. The molecular weight excluding hydrogens is 502 g/mol. The molecule has 0 bridgehead atoms. The zero-order chi connectivity index (χ0) is 23.9. The third-order valence-corrected chi connectivity index (χ3v) is 77.3. The van der Waals surface area contributed by atoms with Crippen LogP contribution in [-0.4, -0.2) is 31.3 Å². The number of hydrogen-bond donors (Lipinski definition) is 0. The van der Waals surface area contributed by atoms with E-state index in [1.54, 1.807) is 64.2 Å². The molecule has 0 radical (unpaired) electrons. The maximum absolute atomic E-state index is 3.46. The molecule has 0 N–H and O–H groups in total. The summed E-state index contributed by atoms with van der Waals surface area (Å²) in [5.41, 5.74) is 3.60. The van der Waals surface area contributed by atoms with Gasteiger partial charge in [-0.15, -0.1) is 0 Å². The first-order chi connectivity index (χ1) is 16.3. The van der Waals surface area contributed by atoms with Crippen molar-refractivity contribution in [2.24, 2.45) is 0 Å². The first kappa shape index (κ1) is 20.3. The van der Waals surface area contributed by atoms with Crippen LogP contribution in [0.15, 0.2) is 0 Å². The van der Waals surface area contributed by atoms with Gasteiger partial charge in [0.15, 0.2) is 0 Å². The van der Waals surface area contributed by atoms with E-state index in [-0.39, 0.29) is 7.92 Å². The van der Waals surface area contributed by atoms with E-state index in [0.717, 1.165) is 14.0 Å². The van der Waals surface area contributed by atoms with E-state index in [0.29, 0.717) is 18.2 Å². The van der Waals surface area contributed by atoms with Gasteiger partial charge in [0.25, 0.3) is 0 Å². The molecule has 10 heterocycles. The van der Waals surface area contributed by atoms with Gasteiger partial charge in [0, 0.05) is 0 Å². The van der Waals surface area contributed by atoms with Crippen molar-refractivity contribution in [1.82, 2.24) is 0 Å². The van der Waals surface area contributed by atoms with Gasteiger partial charge >= 0.3 is 209 Å². The average Bonchev–Trinajstić information content (AvgIpc) is 3.73. The predicted molar refractivity (Wildman–Crippen MR) is 152 cm³/mol. The molecule has 0 aromatic carbocycles. The van der Waals surface area contributed by atoms with Crippen molar-refractivity contribution in [2.45, 2.75) is 187 Å². The van der Waals surface area contributed by atoms with E-state index < -0.39 is 6.51 Å². The average molecular weight is 555 g/mol. The summed E-state index contributed by atoms with van der Waals surface area (Å²) < 4.78 is 2.21. The predicted octanol–water partition coefficient (Wildman–Crippen LogP) is 11.3. The Labute approximate surface area is 208 Å². The maximum atomic E-state index is 2.99. The molecule has 0 aromatic heterocycles. The summed E-state index contributed by atoms with van der Waals surface area (Å²) in [6.45, 7) is 15.6. The van der Waals surface area contributed by atoms with Crippen LogP contribution in [0.1, 0.15) is 113 Å². The van der Waals surface area contributed by atoms with Crippen molar-refractivity contribution >= 4 is 15.8 Å². The van der Waals surface area contributed by atoms with Crippen molar-refractivity contribution in [3.63, 3.8) is 0 Å². The summed E-state index contributed by atoms with van der Waals surface area (Å²) in [7, 11) is 0.362. The van der Waals surface area contributed by atoms with E-state index in [1.807, 2.05) is 0 Å². The van der Waals surface area contributed by atoms with E-state index >= 15 is 0 Å². The van der Waals surface area contributed by atoms with Gasteiger partial charge in [-0.3, -0.25) is 0 Å². The van der Waals surface area contributed by atoms with Gasteiger partial charge in [-0.2, -0.15) is 0 Å². The van der Waals surface area contributed by atoms with Crippen LogP contribution in [-0.2, 0) is 6.51 Å². The van der Waals surface area contributed by atoms with Gasteiger partial charge in [-0.25, -0.2) is 0 Å². The third-order valence-electron chi connectivity index (χ3n) is 21.6. The molecule has 10 saturated heterocycles. The topological polar surface area (TPSA) is 0 Å². The van der Waals surface area contributed by atoms with Crippen molar-refractivity contribution in [3.05, 3.63) is 0 Å². The van der Waals surface area contributed by atoms with E-state index in [1.165, 1.54) is 49.8 Å². The van der Waals surface area contributed by atoms with Gasteiger partial charge in [0.2, 0.25) is 0 Å². The Morgan fingerprint density at radius 3 is 1.40 bits per heavy atom. The first-order valence-corrected chi connectivity index (χ1v) is 25.2. The molecular formula is C32H52FeP2. The van der Waals surface area contributed by atoms with Crippen molar-refractivity contribution in [3.8, 4) is 0 Å². The fourth-order valence-corrected chi connectivity index (χ4v) is 127. The Morgan fingerprint density at radius 1 is 0.629 bits per heavy atom. The fourth-order valence-electron chi connectivity index (χ4n) is 24.5. The van der Waals surface area contributed by atoms with Gasteiger partial charge in [0.1, 0.15) is 0 Å². The van der Waals surface area contributed by atoms with Crippen LogP contribution >= 0.6 is 15.8 Å². The summed E-state index contributed by atoms with van der Waals surface area (Å²) in [6, 6.07) is 0. The second-order valence-corrected chi connectivity index (χ2v) is 51.0. The second-order valence-electron chi connectivity index (χ2n) is 20.1. The van der Waals surface area contributed by atoms with Crippen LogP contribution < -0.4 is 0 Å². The van der Waals surface area contributed by atoms with Crippen LogP contribution in [0, 0.1) is 0 Å². The monoisotopic (exact) mass is 554 g/mol. The molecule has 10 aliphatic heterocycles. The fraction of sp³-hybridized carbons (Fsp3) is 1.00. The minimum absolute atomic E-state index is 0.0439. The van der Waals surface area contributed by atoms with Gasteiger partial charge in [-0.05, 0) is 0 Å². The van der Waals surface area contributed by atoms with E-state index in [4.69, 9.17) is 0 Å². The van der Waals surface area contributed by atoms with Crippen LogP contribution in [0.3, 0.4) is 0 Å². The summed E-state index contributed by atoms with van der Waals surface area (Å²) in [5, 5.41) is 1.04. The minimum atomic E-state index is -3.46. The second kappa shape index (κ2) is 2.93. The van der Waals surface area contributed by atoms with Gasteiger partial charge in [-0.1, -0.05) is 0 Å². The number of rotatable bonds is 5. The molecule has 2 saturated carbocycles. The van der Waals surface area contributed by atoms with Crippen LogP contribution in [0.2, 0.25) is 42.8 Å². The molecule has 2 aliphatic carbocycles. The van der Waals surface area contributed by atoms with Crippen LogP contribution in [0.25, 0.3) is 0 Å². The quantitative estimate of drug-likeness (QED) is 0.234. The Morgan fingerprint density at radius 2 is 1.06 bits per heavy atom. The summed E-state index contributed by atoms with van der Waals surface area (Å²) in [6.07, 6.45) is 16.3. The van der Waals surface area contributed by atoms with E-state index in [2.05, 4.69) is 48.5 Å². The zero-order valence-corrected chi connectivity index (χ0v) is 26.6. The normalized spacial score (nSPS) is 74.9. The Kier molecular flexibility index (Phi) is 1.70. The Hall–Kier alpha value is 1.38. The molecule has 3 heteroatoms. The summed E-state index contributed by atoms with van der Waals surface area (Å²) >= 11 is 0. The van der Waals surface area contributed by atoms with Crippen molar-refractivity contribution < 1.29 is 6.51 Å². The van der Waals surface area contributed by atoms with Crippen molar-refractivity contribution in [1.29, 1.82) is 0 Å².